The first kappa shape index (κ1) is 18.8. The molecule has 0 bridgehead atoms. The van der Waals surface area contributed by atoms with Crippen molar-refractivity contribution in [2.24, 2.45) is 0 Å². The van der Waals surface area contributed by atoms with Gasteiger partial charge >= 0.3 is 0 Å². The molecule has 0 saturated carbocycles. The zero-order valence-electron chi connectivity index (χ0n) is 15.4. The first-order chi connectivity index (χ1) is 13.2. The van der Waals surface area contributed by atoms with Gasteiger partial charge in [-0.05, 0) is 36.2 Å². The molecule has 0 radical (unpaired) electrons. The van der Waals surface area contributed by atoms with Gasteiger partial charge in [-0.2, -0.15) is 0 Å². The van der Waals surface area contributed by atoms with Crippen molar-refractivity contribution in [2.45, 2.75) is 26.0 Å². The molecule has 1 fully saturated rings. The third-order valence-corrected chi connectivity index (χ3v) is 4.47. The van der Waals surface area contributed by atoms with Crippen LogP contribution in [0.4, 0.5) is 0 Å². The van der Waals surface area contributed by atoms with Crippen LogP contribution in [0.1, 0.15) is 18.9 Å². The van der Waals surface area contributed by atoms with E-state index in [1.54, 1.807) is 17.0 Å². The third kappa shape index (κ3) is 5.00. The average Bonchev–Trinajstić information content (AvgIpc) is 2.72. The van der Waals surface area contributed by atoms with E-state index in [9.17, 15) is 9.59 Å². The molecule has 142 valence electrons. The van der Waals surface area contributed by atoms with Crippen LogP contribution in [-0.4, -0.2) is 42.5 Å². The van der Waals surface area contributed by atoms with Gasteiger partial charge in [-0.25, -0.2) is 0 Å². The SMILES string of the molecule is CCC1C(=O)NCCN1C(=O)COc1ccc(OCc2ccccc2)cc1. The highest BCUT2D eigenvalue weighted by atomic mass is 16.5. The molecule has 1 heterocycles. The maximum absolute atomic E-state index is 12.4. The maximum atomic E-state index is 12.4. The Morgan fingerprint density at radius 1 is 1.07 bits per heavy atom. The highest BCUT2D eigenvalue weighted by molar-refractivity contribution is 5.89. The quantitative estimate of drug-likeness (QED) is 0.815. The Morgan fingerprint density at radius 2 is 1.74 bits per heavy atom. The number of piperazine rings is 1. The molecule has 2 amide bonds. The van der Waals surface area contributed by atoms with Crippen LogP contribution in [0.3, 0.4) is 0 Å². The minimum Gasteiger partial charge on any atom is -0.489 e. The summed E-state index contributed by atoms with van der Waals surface area (Å²) in [4.78, 5) is 25.9. The summed E-state index contributed by atoms with van der Waals surface area (Å²) in [6.45, 7) is 3.29. The van der Waals surface area contributed by atoms with Crippen molar-refractivity contribution in [2.75, 3.05) is 19.7 Å². The van der Waals surface area contributed by atoms with E-state index in [0.717, 1.165) is 11.3 Å². The summed E-state index contributed by atoms with van der Waals surface area (Å²) >= 11 is 0. The Balaban J connectivity index is 1.49. The molecule has 1 unspecified atom stereocenters. The van der Waals surface area contributed by atoms with Crippen molar-refractivity contribution in [3.63, 3.8) is 0 Å². The molecule has 1 aliphatic rings. The summed E-state index contributed by atoms with van der Waals surface area (Å²) in [5.41, 5.74) is 1.10. The molecule has 0 aliphatic carbocycles. The summed E-state index contributed by atoms with van der Waals surface area (Å²) in [5.74, 6) is 1.04. The monoisotopic (exact) mass is 368 g/mol. The van der Waals surface area contributed by atoms with E-state index >= 15 is 0 Å². The molecule has 6 nitrogen and oxygen atoms in total. The van der Waals surface area contributed by atoms with Gasteiger partial charge in [-0.1, -0.05) is 37.3 Å². The Labute approximate surface area is 159 Å². The van der Waals surface area contributed by atoms with Crippen molar-refractivity contribution in [1.82, 2.24) is 10.2 Å². The largest absolute Gasteiger partial charge is 0.489 e. The van der Waals surface area contributed by atoms with Gasteiger partial charge in [0, 0.05) is 13.1 Å². The fourth-order valence-electron chi connectivity index (χ4n) is 3.02. The van der Waals surface area contributed by atoms with E-state index in [1.807, 2.05) is 49.4 Å². The molecule has 0 spiro atoms. The lowest BCUT2D eigenvalue weighted by Gasteiger charge is -2.34. The number of rotatable bonds is 7. The lowest BCUT2D eigenvalue weighted by Crippen LogP contribution is -2.57. The number of carbonyl (C=O) groups excluding carboxylic acids is 2. The highest BCUT2D eigenvalue weighted by Gasteiger charge is 2.31. The van der Waals surface area contributed by atoms with Crippen molar-refractivity contribution < 1.29 is 19.1 Å². The van der Waals surface area contributed by atoms with Gasteiger partial charge in [0.25, 0.3) is 5.91 Å². The van der Waals surface area contributed by atoms with Crippen LogP contribution in [0.25, 0.3) is 0 Å². The minimum atomic E-state index is -0.413. The zero-order valence-corrected chi connectivity index (χ0v) is 15.4. The van der Waals surface area contributed by atoms with Crippen LogP contribution in [0.5, 0.6) is 11.5 Å². The smallest absolute Gasteiger partial charge is 0.261 e. The van der Waals surface area contributed by atoms with E-state index in [1.165, 1.54) is 0 Å². The highest BCUT2D eigenvalue weighted by Crippen LogP contribution is 2.19. The van der Waals surface area contributed by atoms with Crippen LogP contribution in [0.2, 0.25) is 0 Å². The molecule has 0 aromatic heterocycles. The molecule has 6 heteroatoms. The van der Waals surface area contributed by atoms with E-state index in [2.05, 4.69) is 5.32 Å². The molecule has 2 aromatic rings. The fourth-order valence-corrected chi connectivity index (χ4v) is 3.02. The summed E-state index contributed by atoms with van der Waals surface area (Å²) in [7, 11) is 0. The Kier molecular flexibility index (Phi) is 6.30. The van der Waals surface area contributed by atoms with Crippen molar-refractivity contribution in [3.8, 4) is 11.5 Å². The standard InChI is InChI=1S/C21H24N2O4/c1-2-19-21(25)22-12-13-23(19)20(24)15-27-18-10-8-17(9-11-18)26-14-16-6-4-3-5-7-16/h3-11,19H,2,12-15H2,1H3,(H,22,25). The number of ether oxygens (including phenoxy) is 2. The van der Waals surface area contributed by atoms with Gasteiger partial charge in [0.1, 0.15) is 24.1 Å². The zero-order chi connectivity index (χ0) is 19.1. The van der Waals surface area contributed by atoms with Crippen molar-refractivity contribution >= 4 is 11.8 Å². The summed E-state index contributed by atoms with van der Waals surface area (Å²) in [6.07, 6.45) is 0.588. The molecule has 1 N–H and O–H groups in total. The van der Waals surface area contributed by atoms with Crippen LogP contribution in [0, 0.1) is 0 Å². The average molecular weight is 368 g/mol. The molecule has 3 rings (SSSR count). The maximum Gasteiger partial charge on any atom is 0.261 e. The Bertz CT molecular complexity index is 762. The number of nitrogens with zero attached hydrogens (tertiary/aromatic N) is 1. The topological polar surface area (TPSA) is 67.9 Å². The second-order valence-corrected chi connectivity index (χ2v) is 6.34. The van der Waals surface area contributed by atoms with Crippen LogP contribution in [0.15, 0.2) is 54.6 Å². The predicted octanol–water partition coefficient (Wildman–Crippen LogP) is 2.38. The van der Waals surface area contributed by atoms with Gasteiger partial charge in [0.15, 0.2) is 6.61 Å². The number of nitrogens with one attached hydrogen (secondary N) is 1. The lowest BCUT2D eigenvalue weighted by molar-refractivity contribution is -0.144. The minimum absolute atomic E-state index is 0.0893. The predicted molar refractivity (Wildman–Crippen MR) is 102 cm³/mol. The van der Waals surface area contributed by atoms with Gasteiger partial charge in [0.05, 0.1) is 0 Å². The normalized spacial score (nSPS) is 16.6. The van der Waals surface area contributed by atoms with E-state index in [-0.39, 0.29) is 18.4 Å². The summed E-state index contributed by atoms with van der Waals surface area (Å²) in [5, 5.41) is 2.78. The number of hydrogen-bond donors (Lipinski definition) is 1. The molecule has 1 saturated heterocycles. The fraction of sp³-hybridized carbons (Fsp3) is 0.333. The van der Waals surface area contributed by atoms with Crippen molar-refractivity contribution in [3.05, 3.63) is 60.2 Å². The molecule has 2 aromatic carbocycles. The second-order valence-electron chi connectivity index (χ2n) is 6.34. The first-order valence-electron chi connectivity index (χ1n) is 9.14. The lowest BCUT2D eigenvalue weighted by atomic mass is 10.1. The Morgan fingerprint density at radius 3 is 2.41 bits per heavy atom. The Hall–Kier alpha value is -3.02. The summed E-state index contributed by atoms with van der Waals surface area (Å²) in [6, 6.07) is 16.7. The summed E-state index contributed by atoms with van der Waals surface area (Å²) < 4.78 is 11.3. The van der Waals surface area contributed by atoms with Crippen LogP contribution >= 0.6 is 0 Å². The van der Waals surface area contributed by atoms with Gasteiger partial charge in [-0.3, -0.25) is 9.59 Å². The van der Waals surface area contributed by atoms with Gasteiger partial charge in [-0.15, -0.1) is 0 Å². The third-order valence-electron chi connectivity index (χ3n) is 4.47. The van der Waals surface area contributed by atoms with Crippen molar-refractivity contribution in [1.29, 1.82) is 0 Å². The molecule has 27 heavy (non-hydrogen) atoms. The van der Waals surface area contributed by atoms with E-state index < -0.39 is 6.04 Å². The molecular formula is C21H24N2O4. The number of hydrogen-bond acceptors (Lipinski definition) is 4. The number of carbonyl (C=O) groups is 2. The van der Waals surface area contributed by atoms with Gasteiger partial charge < -0.3 is 19.7 Å². The number of amides is 2. The molecular weight excluding hydrogens is 344 g/mol. The van der Waals surface area contributed by atoms with Crippen LogP contribution < -0.4 is 14.8 Å². The van der Waals surface area contributed by atoms with Gasteiger partial charge in [0.2, 0.25) is 5.91 Å². The molecule has 1 aliphatic heterocycles. The molecule has 1 atom stereocenters. The van der Waals surface area contributed by atoms with Crippen LogP contribution in [-0.2, 0) is 16.2 Å². The van der Waals surface area contributed by atoms with E-state index in [0.29, 0.717) is 31.9 Å². The second kappa shape index (κ2) is 9.07. The van der Waals surface area contributed by atoms with E-state index in [4.69, 9.17) is 9.47 Å². The first-order valence-corrected chi connectivity index (χ1v) is 9.14. The number of benzene rings is 2.